The van der Waals surface area contributed by atoms with Gasteiger partial charge in [-0.15, -0.1) is 0 Å². The van der Waals surface area contributed by atoms with Crippen LogP contribution in [0.5, 0.6) is 0 Å². The van der Waals surface area contributed by atoms with Gasteiger partial charge < -0.3 is 14.2 Å². The van der Waals surface area contributed by atoms with E-state index < -0.39 is 6.10 Å². The summed E-state index contributed by atoms with van der Waals surface area (Å²) in [7, 11) is 0. The molecule has 0 aliphatic carbocycles. The zero-order valence-electron chi connectivity index (χ0n) is 49.9. The van der Waals surface area contributed by atoms with E-state index in [2.05, 4.69) is 148 Å². The number of ether oxygens (including phenoxy) is 3. The van der Waals surface area contributed by atoms with Crippen LogP contribution in [0, 0.1) is 0 Å². The molecule has 0 fully saturated rings. The zero-order chi connectivity index (χ0) is 55.7. The van der Waals surface area contributed by atoms with E-state index in [9.17, 15) is 14.4 Å². The van der Waals surface area contributed by atoms with Crippen molar-refractivity contribution < 1.29 is 28.6 Å². The van der Waals surface area contributed by atoms with Gasteiger partial charge in [0.1, 0.15) is 13.2 Å². The van der Waals surface area contributed by atoms with Crippen LogP contribution in [-0.2, 0) is 28.6 Å². The largest absolute Gasteiger partial charge is 0.462 e. The summed E-state index contributed by atoms with van der Waals surface area (Å²) in [4.78, 5) is 38.3. The van der Waals surface area contributed by atoms with E-state index >= 15 is 0 Å². The van der Waals surface area contributed by atoms with Gasteiger partial charge in [0, 0.05) is 19.3 Å². The lowest BCUT2D eigenvalue weighted by Gasteiger charge is -2.18. The molecule has 0 unspecified atom stereocenters. The van der Waals surface area contributed by atoms with Crippen molar-refractivity contribution in [2.75, 3.05) is 13.2 Å². The molecule has 0 rings (SSSR count). The predicted molar refractivity (Wildman–Crippen MR) is 334 cm³/mol. The van der Waals surface area contributed by atoms with Gasteiger partial charge in [0.2, 0.25) is 0 Å². The Hall–Kier alpha value is -4.45. The van der Waals surface area contributed by atoms with Crippen LogP contribution >= 0.6 is 0 Å². The Balaban J connectivity index is 4.55. The molecule has 1 atom stereocenters. The monoisotopic (exact) mass is 1060 g/mol. The number of hydrogen-bond acceptors (Lipinski definition) is 6. The molecule has 0 radical (unpaired) electrons. The molecule has 0 spiro atoms. The van der Waals surface area contributed by atoms with Crippen LogP contribution in [0.3, 0.4) is 0 Å². The molecule has 0 amide bonds. The molecule has 0 bridgehead atoms. The predicted octanol–water partition coefficient (Wildman–Crippen LogP) is 21.8. The number of unbranched alkanes of at least 4 members (excludes halogenated alkanes) is 23. The summed E-state index contributed by atoms with van der Waals surface area (Å²) in [6, 6.07) is 0. The smallest absolute Gasteiger partial charge is 0.306 e. The molecule has 0 aromatic heterocycles. The minimum Gasteiger partial charge on any atom is -0.462 e. The van der Waals surface area contributed by atoms with E-state index in [0.29, 0.717) is 19.3 Å². The van der Waals surface area contributed by atoms with Gasteiger partial charge in [0.25, 0.3) is 0 Å². The summed E-state index contributed by atoms with van der Waals surface area (Å²) in [5, 5.41) is 0. The Morgan fingerprint density at radius 3 is 0.922 bits per heavy atom. The lowest BCUT2D eigenvalue weighted by molar-refractivity contribution is -0.166. The van der Waals surface area contributed by atoms with Crippen molar-refractivity contribution in [1.82, 2.24) is 0 Å². The first-order valence-electron chi connectivity index (χ1n) is 31.7. The van der Waals surface area contributed by atoms with Gasteiger partial charge in [0.05, 0.1) is 0 Å². The molecule has 0 aromatic rings. The Morgan fingerprint density at radius 2 is 0.532 bits per heavy atom. The van der Waals surface area contributed by atoms with E-state index in [1.807, 2.05) is 6.08 Å². The van der Waals surface area contributed by atoms with Crippen molar-refractivity contribution >= 4 is 17.9 Å². The van der Waals surface area contributed by atoms with E-state index in [1.54, 1.807) is 0 Å². The zero-order valence-corrected chi connectivity index (χ0v) is 49.9. The lowest BCUT2D eigenvalue weighted by atomic mass is 10.0. The van der Waals surface area contributed by atoms with Gasteiger partial charge in [-0.3, -0.25) is 14.4 Å². The molecule has 436 valence electrons. The molecular weight excluding hydrogens is 949 g/mol. The molecule has 0 saturated carbocycles. The molecule has 0 N–H and O–H groups in total. The van der Waals surface area contributed by atoms with Crippen LogP contribution in [0.15, 0.2) is 134 Å². The Morgan fingerprint density at radius 1 is 0.273 bits per heavy atom. The standard InChI is InChI=1S/C71H116O6/c1-4-7-10-13-16-19-22-25-28-31-34-35-38-41-44-47-50-53-56-59-62-65-71(74)77-68(66-75-69(72)63-60-57-54-51-48-45-42-39-36-32-29-26-23-20-17-14-11-8-5-2)67-76-70(73)64-61-58-55-52-49-46-43-40-37-33-30-27-24-21-18-15-12-9-6-3/h8,11,17-18,20-21,25-30,36-37,39-40,45-46,48-49,54,57,68H,4-7,9-10,12-16,19,22-24,31-35,38,41-44,47,50-53,55-56,58-67H2,1-3H3/b11-8-,20-17-,21-18-,28-25-,29-26-,30-27-,39-36-,40-37-,48-45-,49-46-,57-54-/t68-/m1/s1. The number of esters is 3. The van der Waals surface area contributed by atoms with Crippen molar-refractivity contribution in [3.8, 4) is 0 Å². The maximum atomic E-state index is 12.9. The first-order valence-corrected chi connectivity index (χ1v) is 31.7. The maximum Gasteiger partial charge on any atom is 0.306 e. The second kappa shape index (κ2) is 64.1. The number of carbonyl (C=O) groups excluding carboxylic acids is 3. The Bertz CT molecular complexity index is 1650. The van der Waals surface area contributed by atoms with Gasteiger partial charge in [-0.05, 0) is 128 Å². The van der Waals surface area contributed by atoms with Crippen molar-refractivity contribution in [2.45, 2.75) is 284 Å². The average Bonchev–Trinajstić information content (AvgIpc) is 3.43. The Labute approximate surface area is 475 Å². The SMILES string of the molecule is CC/C=C\C/C=C\C/C=C\C/C=C\C/C=C\C/C=C\CCC(=O)OC[C@H](COC(=O)CCCCC/C=C\C/C=C\C/C=C\C/C=C\CCCCC)OC(=O)CCCCCCCCCCCCC/C=C\CCCCCCCC. The van der Waals surface area contributed by atoms with Gasteiger partial charge >= 0.3 is 17.9 Å². The fourth-order valence-electron chi connectivity index (χ4n) is 8.39. The van der Waals surface area contributed by atoms with E-state index in [4.69, 9.17) is 14.2 Å². The third-order valence-corrected chi connectivity index (χ3v) is 13.1. The molecule has 6 heteroatoms. The molecule has 0 heterocycles. The highest BCUT2D eigenvalue weighted by Gasteiger charge is 2.19. The number of carbonyl (C=O) groups is 3. The second-order valence-corrected chi connectivity index (χ2v) is 20.6. The fraction of sp³-hybridized carbons (Fsp3) is 0.648. The van der Waals surface area contributed by atoms with Gasteiger partial charge in [-0.1, -0.05) is 264 Å². The molecule has 0 aliphatic rings. The van der Waals surface area contributed by atoms with E-state index in [0.717, 1.165) is 103 Å². The van der Waals surface area contributed by atoms with Crippen LogP contribution in [0.1, 0.15) is 278 Å². The number of hydrogen-bond donors (Lipinski definition) is 0. The summed E-state index contributed by atoms with van der Waals surface area (Å²) in [5.41, 5.74) is 0. The minimum absolute atomic E-state index is 0.121. The van der Waals surface area contributed by atoms with Gasteiger partial charge in [-0.25, -0.2) is 0 Å². The molecule has 0 aromatic carbocycles. The highest BCUT2D eigenvalue weighted by Crippen LogP contribution is 2.15. The summed E-state index contributed by atoms with van der Waals surface area (Å²) in [6.45, 7) is 6.41. The van der Waals surface area contributed by atoms with Gasteiger partial charge in [-0.2, -0.15) is 0 Å². The maximum absolute atomic E-state index is 12.9. The minimum atomic E-state index is -0.829. The quantitative estimate of drug-likeness (QED) is 0.0261. The van der Waals surface area contributed by atoms with Crippen LogP contribution in [0.4, 0.5) is 0 Å². The highest BCUT2D eigenvalue weighted by molar-refractivity contribution is 5.71. The van der Waals surface area contributed by atoms with Crippen molar-refractivity contribution in [3.63, 3.8) is 0 Å². The molecule has 6 nitrogen and oxygen atoms in total. The first-order chi connectivity index (χ1) is 38.0. The van der Waals surface area contributed by atoms with E-state index in [1.165, 1.54) is 128 Å². The van der Waals surface area contributed by atoms with Crippen LogP contribution < -0.4 is 0 Å². The Kier molecular flexibility index (Phi) is 60.4. The van der Waals surface area contributed by atoms with Crippen LogP contribution in [0.25, 0.3) is 0 Å². The molecular formula is C71H116O6. The second-order valence-electron chi connectivity index (χ2n) is 20.6. The van der Waals surface area contributed by atoms with Crippen molar-refractivity contribution in [2.24, 2.45) is 0 Å². The third-order valence-electron chi connectivity index (χ3n) is 13.1. The summed E-state index contributed by atoms with van der Waals surface area (Å²) in [5.74, 6) is -1.03. The molecule has 0 saturated heterocycles. The first kappa shape index (κ1) is 72.5. The normalized spacial score (nSPS) is 13.0. The van der Waals surface area contributed by atoms with Gasteiger partial charge in [0.15, 0.2) is 6.10 Å². The average molecular weight is 1070 g/mol. The van der Waals surface area contributed by atoms with Crippen LogP contribution in [-0.4, -0.2) is 37.2 Å². The third kappa shape index (κ3) is 62.3. The van der Waals surface area contributed by atoms with Crippen molar-refractivity contribution in [3.05, 3.63) is 134 Å². The van der Waals surface area contributed by atoms with Crippen molar-refractivity contribution in [1.29, 1.82) is 0 Å². The number of allylic oxidation sites excluding steroid dienone is 22. The lowest BCUT2D eigenvalue weighted by Crippen LogP contribution is -2.30. The highest BCUT2D eigenvalue weighted by atomic mass is 16.6. The van der Waals surface area contributed by atoms with E-state index in [-0.39, 0.29) is 37.5 Å². The fourth-order valence-corrected chi connectivity index (χ4v) is 8.39. The summed E-state index contributed by atoms with van der Waals surface area (Å²) < 4.78 is 16.8. The summed E-state index contributed by atoms with van der Waals surface area (Å²) in [6.07, 6.45) is 90.3. The topological polar surface area (TPSA) is 78.9 Å². The summed E-state index contributed by atoms with van der Waals surface area (Å²) >= 11 is 0. The number of rotatable bonds is 56. The van der Waals surface area contributed by atoms with Crippen LogP contribution in [0.2, 0.25) is 0 Å². The molecule has 77 heavy (non-hydrogen) atoms. The molecule has 0 aliphatic heterocycles.